The first kappa shape index (κ1) is 17.6. The maximum absolute atomic E-state index is 12.9. The lowest BCUT2D eigenvalue weighted by molar-refractivity contribution is -0.134. The Morgan fingerprint density at radius 3 is 2.93 bits per heavy atom. The molecule has 9 heteroatoms. The fraction of sp³-hybridized carbons (Fsp3) is 0.500. The van der Waals surface area contributed by atoms with Crippen LogP contribution in [0.25, 0.3) is 0 Å². The number of hydrogen-bond donors (Lipinski definition) is 2. The number of amides is 4. The molecule has 0 bridgehead atoms. The first-order valence-corrected chi connectivity index (χ1v) is 8.90. The lowest BCUT2D eigenvalue weighted by Crippen LogP contribution is -2.44. The van der Waals surface area contributed by atoms with Gasteiger partial charge in [-0.15, -0.1) is 0 Å². The predicted molar refractivity (Wildman–Crippen MR) is 92.1 cm³/mol. The molecule has 2 fully saturated rings. The van der Waals surface area contributed by atoms with E-state index in [1.54, 1.807) is 25.1 Å². The van der Waals surface area contributed by atoms with Crippen LogP contribution in [0.3, 0.4) is 0 Å². The summed E-state index contributed by atoms with van der Waals surface area (Å²) in [5.41, 5.74) is -0.709. The molecule has 2 N–H and O–H groups in total. The molecule has 0 spiro atoms. The summed E-state index contributed by atoms with van der Waals surface area (Å²) >= 11 is 0. The minimum Gasteiger partial charge on any atom is -0.454 e. The topological polar surface area (TPSA) is 106 Å². The number of rotatable bonds is 5. The highest BCUT2D eigenvalue weighted by Crippen LogP contribution is 2.37. The molecule has 1 aromatic carbocycles. The van der Waals surface area contributed by atoms with E-state index in [-0.39, 0.29) is 19.4 Å². The van der Waals surface area contributed by atoms with Gasteiger partial charge in [-0.25, -0.2) is 4.79 Å². The first-order chi connectivity index (χ1) is 13.0. The second-order valence-electron chi connectivity index (χ2n) is 6.95. The van der Waals surface area contributed by atoms with Crippen molar-refractivity contribution in [1.82, 2.24) is 15.5 Å². The summed E-state index contributed by atoms with van der Waals surface area (Å²) in [6.07, 6.45) is 1.86. The van der Waals surface area contributed by atoms with E-state index in [1.807, 2.05) is 0 Å². The quantitative estimate of drug-likeness (QED) is 0.725. The van der Waals surface area contributed by atoms with E-state index in [2.05, 4.69) is 10.6 Å². The van der Waals surface area contributed by atoms with Gasteiger partial charge in [-0.05, 0) is 37.5 Å². The molecule has 2 atom stereocenters. The maximum atomic E-state index is 12.9. The molecule has 0 aromatic heterocycles. The summed E-state index contributed by atoms with van der Waals surface area (Å²) in [7, 11) is 0. The van der Waals surface area contributed by atoms with Crippen molar-refractivity contribution in [3.05, 3.63) is 23.8 Å². The smallest absolute Gasteiger partial charge is 0.325 e. The summed E-state index contributed by atoms with van der Waals surface area (Å²) in [6.45, 7) is 2.46. The van der Waals surface area contributed by atoms with E-state index < -0.39 is 23.4 Å². The Labute approximate surface area is 155 Å². The summed E-state index contributed by atoms with van der Waals surface area (Å²) < 4.78 is 16.1. The number of carbonyl (C=O) groups excluding carboxylic acids is 3. The summed E-state index contributed by atoms with van der Waals surface area (Å²) in [5, 5.41) is 5.40. The van der Waals surface area contributed by atoms with E-state index in [9.17, 15) is 14.4 Å². The number of fused-ring (bicyclic) bond motifs is 1. The van der Waals surface area contributed by atoms with Gasteiger partial charge in [0.15, 0.2) is 11.5 Å². The Bertz CT molecular complexity index is 791. The summed E-state index contributed by atoms with van der Waals surface area (Å²) in [4.78, 5) is 38.3. The zero-order chi connectivity index (χ0) is 19.0. The van der Waals surface area contributed by atoms with Crippen molar-refractivity contribution in [1.29, 1.82) is 0 Å². The van der Waals surface area contributed by atoms with Crippen molar-refractivity contribution < 1.29 is 28.6 Å². The van der Waals surface area contributed by atoms with Crippen LogP contribution in [0.5, 0.6) is 11.5 Å². The van der Waals surface area contributed by atoms with Crippen LogP contribution in [0.4, 0.5) is 4.79 Å². The molecule has 1 aromatic rings. The zero-order valence-electron chi connectivity index (χ0n) is 14.9. The van der Waals surface area contributed by atoms with Gasteiger partial charge >= 0.3 is 6.03 Å². The molecule has 4 amide bonds. The third-order valence-corrected chi connectivity index (χ3v) is 5.08. The van der Waals surface area contributed by atoms with Crippen molar-refractivity contribution in [3.8, 4) is 11.5 Å². The largest absolute Gasteiger partial charge is 0.454 e. The van der Waals surface area contributed by atoms with E-state index in [0.717, 1.165) is 17.7 Å². The van der Waals surface area contributed by atoms with Crippen molar-refractivity contribution in [2.45, 2.75) is 31.4 Å². The molecule has 4 rings (SSSR count). The van der Waals surface area contributed by atoms with Crippen LogP contribution in [0.1, 0.15) is 25.3 Å². The Morgan fingerprint density at radius 2 is 2.15 bits per heavy atom. The SMILES string of the molecule is C[C@@]1(c2ccc3c(c2)OCO3)NC(=O)N(CC(=O)NC[C@@H]2CCCO2)C1=O. The zero-order valence-corrected chi connectivity index (χ0v) is 14.9. The molecular weight excluding hydrogens is 354 g/mol. The van der Waals surface area contributed by atoms with Gasteiger partial charge in [0.1, 0.15) is 12.1 Å². The van der Waals surface area contributed by atoms with Crippen LogP contribution in [-0.4, -0.2) is 55.3 Å². The molecule has 3 aliphatic heterocycles. The van der Waals surface area contributed by atoms with Crippen molar-refractivity contribution in [2.24, 2.45) is 0 Å². The number of urea groups is 1. The second kappa shape index (κ2) is 6.73. The molecule has 0 unspecified atom stereocenters. The van der Waals surface area contributed by atoms with Gasteiger partial charge in [0.2, 0.25) is 12.7 Å². The third kappa shape index (κ3) is 3.18. The van der Waals surface area contributed by atoms with Crippen LogP contribution in [0.2, 0.25) is 0 Å². The average molecular weight is 375 g/mol. The molecule has 3 aliphatic rings. The lowest BCUT2D eigenvalue weighted by Gasteiger charge is -2.22. The summed E-state index contributed by atoms with van der Waals surface area (Å²) in [5.74, 6) is 0.218. The molecule has 0 saturated carbocycles. The fourth-order valence-electron chi connectivity index (χ4n) is 3.48. The molecule has 144 valence electrons. The number of ether oxygens (including phenoxy) is 3. The van der Waals surface area contributed by atoms with Crippen LogP contribution < -0.4 is 20.1 Å². The molecule has 3 heterocycles. The van der Waals surface area contributed by atoms with Gasteiger partial charge in [0, 0.05) is 13.2 Å². The number of carbonyl (C=O) groups is 3. The molecule has 9 nitrogen and oxygen atoms in total. The minimum absolute atomic E-state index is 0.00375. The minimum atomic E-state index is -1.27. The monoisotopic (exact) mass is 375 g/mol. The van der Waals surface area contributed by atoms with Gasteiger partial charge < -0.3 is 24.8 Å². The molecule has 27 heavy (non-hydrogen) atoms. The van der Waals surface area contributed by atoms with Crippen LogP contribution in [-0.2, 0) is 19.9 Å². The van der Waals surface area contributed by atoms with Gasteiger partial charge in [-0.2, -0.15) is 0 Å². The number of benzene rings is 1. The first-order valence-electron chi connectivity index (χ1n) is 8.90. The number of nitrogens with one attached hydrogen (secondary N) is 2. The van der Waals surface area contributed by atoms with Crippen LogP contribution in [0.15, 0.2) is 18.2 Å². The Morgan fingerprint density at radius 1 is 1.33 bits per heavy atom. The molecule has 2 saturated heterocycles. The number of nitrogens with zero attached hydrogens (tertiary/aromatic N) is 1. The second-order valence-corrected chi connectivity index (χ2v) is 6.95. The molecular formula is C18H21N3O6. The van der Waals surface area contributed by atoms with E-state index in [1.165, 1.54) is 0 Å². The predicted octanol–water partition coefficient (Wildman–Crippen LogP) is 0.477. The van der Waals surface area contributed by atoms with Gasteiger partial charge in [0.05, 0.1) is 6.10 Å². The Hall–Kier alpha value is -2.81. The number of imide groups is 1. The standard InChI is InChI=1S/C18H21N3O6/c1-18(11-4-5-13-14(7-11)27-10-26-13)16(23)21(17(24)20-18)9-15(22)19-8-12-3-2-6-25-12/h4-5,7,12H,2-3,6,8-10H2,1H3,(H,19,22)(H,20,24)/t12-,18-/m0/s1. The third-order valence-electron chi connectivity index (χ3n) is 5.08. The highest BCUT2D eigenvalue weighted by atomic mass is 16.7. The summed E-state index contributed by atoms with van der Waals surface area (Å²) in [6, 6.07) is 4.46. The van der Waals surface area contributed by atoms with Crippen LogP contribution in [0, 0.1) is 0 Å². The maximum Gasteiger partial charge on any atom is 0.325 e. The molecule has 0 radical (unpaired) electrons. The van der Waals surface area contributed by atoms with Crippen molar-refractivity contribution in [3.63, 3.8) is 0 Å². The van der Waals surface area contributed by atoms with Gasteiger partial charge in [0.25, 0.3) is 5.91 Å². The van der Waals surface area contributed by atoms with Crippen LogP contribution >= 0.6 is 0 Å². The van der Waals surface area contributed by atoms with Gasteiger partial charge in [-0.3, -0.25) is 14.5 Å². The van der Waals surface area contributed by atoms with Crippen molar-refractivity contribution in [2.75, 3.05) is 26.5 Å². The highest BCUT2D eigenvalue weighted by Gasteiger charge is 2.49. The lowest BCUT2D eigenvalue weighted by atomic mass is 9.91. The Balaban J connectivity index is 1.44. The van der Waals surface area contributed by atoms with E-state index in [0.29, 0.717) is 30.2 Å². The Kier molecular flexibility index (Phi) is 4.39. The van der Waals surface area contributed by atoms with Crippen molar-refractivity contribution >= 4 is 17.8 Å². The van der Waals surface area contributed by atoms with E-state index in [4.69, 9.17) is 14.2 Å². The normalized spacial score (nSPS) is 26.4. The average Bonchev–Trinajstić information content (AvgIpc) is 3.37. The van der Waals surface area contributed by atoms with Gasteiger partial charge in [-0.1, -0.05) is 6.07 Å². The fourth-order valence-corrected chi connectivity index (χ4v) is 3.48. The highest BCUT2D eigenvalue weighted by molar-refractivity contribution is 6.09. The van der Waals surface area contributed by atoms with E-state index >= 15 is 0 Å². The number of hydrogen-bond acceptors (Lipinski definition) is 6. The molecule has 0 aliphatic carbocycles.